The highest BCUT2D eigenvalue weighted by atomic mass is 16.6. The van der Waals surface area contributed by atoms with E-state index in [4.69, 9.17) is 4.74 Å². The fraction of sp³-hybridized carbons (Fsp3) is 0.357. The van der Waals surface area contributed by atoms with E-state index in [0.29, 0.717) is 13.2 Å². The normalized spacial score (nSPS) is 10.5. The van der Waals surface area contributed by atoms with Crippen LogP contribution >= 0.6 is 0 Å². The van der Waals surface area contributed by atoms with E-state index in [1.807, 2.05) is 26.0 Å². The van der Waals surface area contributed by atoms with Gasteiger partial charge in [-0.1, -0.05) is 13.8 Å². The van der Waals surface area contributed by atoms with Crippen molar-refractivity contribution in [2.45, 2.75) is 20.4 Å². The Morgan fingerprint density at radius 3 is 2.68 bits per heavy atom. The summed E-state index contributed by atoms with van der Waals surface area (Å²) in [6, 6.07) is 3.63. The molecule has 0 aliphatic carbocycles. The number of pyridine rings is 1. The average molecular weight is 303 g/mol. The maximum absolute atomic E-state index is 11.3. The molecule has 2 aromatic rings. The summed E-state index contributed by atoms with van der Waals surface area (Å²) in [6.07, 6.45) is 4.56. The van der Waals surface area contributed by atoms with Crippen LogP contribution in [0.4, 0.5) is 11.5 Å². The topological polar surface area (TPSA) is 103 Å². The highest BCUT2D eigenvalue weighted by Crippen LogP contribution is 2.31. The molecule has 0 bridgehead atoms. The van der Waals surface area contributed by atoms with Gasteiger partial charge in [0.2, 0.25) is 5.82 Å². The number of hydrogen-bond donors (Lipinski definition) is 1. The van der Waals surface area contributed by atoms with E-state index < -0.39 is 4.92 Å². The zero-order valence-electron chi connectivity index (χ0n) is 12.4. The first-order valence-corrected chi connectivity index (χ1v) is 6.83. The van der Waals surface area contributed by atoms with Crippen LogP contribution in [0.5, 0.6) is 5.88 Å². The van der Waals surface area contributed by atoms with Gasteiger partial charge in [-0.25, -0.2) is 4.98 Å². The summed E-state index contributed by atoms with van der Waals surface area (Å²) in [5.74, 6) is 0.351. The van der Waals surface area contributed by atoms with Gasteiger partial charge in [0, 0.05) is 18.9 Å². The zero-order valence-corrected chi connectivity index (χ0v) is 12.4. The second-order valence-electron chi connectivity index (χ2n) is 5.05. The van der Waals surface area contributed by atoms with Crippen LogP contribution in [0, 0.1) is 16.0 Å². The lowest BCUT2D eigenvalue weighted by molar-refractivity contribution is -0.385. The summed E-state index contributed by atoms with van der Waals surface area (Å²) in [4.78, 5) is 22.5. The van der Waals surface area contributed by atoms with Gasteiger partial charge in [-0.15, -0.1) is 0 Å². The minimum Gasteiger partial charge on any atom is -0.472 e. The molecule has 0 saturated heterocycles. The molecule has 0 spiro atoms. The number of hydrogen-bond acceptors (Lipinski definition) is 7. The van der Waals surface area contributed by atoms with E-state index in [9.17, 15) is 10.1 Å². The Labute approximate surface area is 127 Å². The monoisotopic (exact) mass is 303 g/mol. The average Bonchev–Trinajstić information content (AvgIpc) is 2.51. The third-order valence-electron chi connectivity index (χ3n) is 2.73. The van der Waals surface area contributed by atoms with Crippen LogP contribution in [0.2, 0.25) is 0 Å². The molecule has 0 unspecified atom stereocenters. The number of ether oxygens (including phenoxy) is 1. The Kier molecular flexibility index (Phi) is 5.18. The minimum atomic E-state index is -0.537. The second kappa shape index (κ2) is 7.30. The van der Waals surface area contributed by atoms with Crippen LogP contribution < -0.4 is 10.1 Å². The lowest BCUT2D eigenvalue weighted by Crippen LogP contribution is -2.11. The number of nitrogens with zero attached hydrogens (tertiary/aromatic N) is 4. The predicted octanol–water partition coefficient (Wildman–Crippen LogP) is 2.43. The van der Waals surface area contributed by atoms with Gasteiger partial charge in [-0.3, -0.25) is 15.1 Å². The Balaban J connectivity index is 2.19. The number of anilines is 1. The van der Waals surface area contributed by atoms with Crippen LogP contribution in [0.1, 0.15) is 19.4 Å². The highest BCUT2D eigenvalue weighted by molar-refractivity contribution is 5.61. The molecule has 116 valence electrons. The predicted molar refractivity (Wildman–Crippen MR) is 80.6 cm³/mol. The summed E-state index contributed by atoms with van der Waals surface area (Å²) >= 11 is 0. The fourth-order valence-electron chi connectivity index (χ4n) is 1.69. The van der Waals surface area contributed by atoms with Gasteiger partial charge in [0.1, 0.15) is 6.33 Å². The van der Waals surface area contributed by atoms with Crippen molar-refractivity contribution in [3.05, 3.63) is 46.5 Å². The smallest absolute Gasteiger partial charge is 0.372 e. The van der Waals surface area contributed by atoms with Gasteiger partial charge in [0.15, 0.2) is 0 Å². The SMILES string of the molecule is CC(C)COc1ncnc(NCc2ccncc2)c1[N+](=O)[O-]. The number of aromatic nitrogens is 3. The second-order valence-corrected chi connectivity index (χ2v) is 5.05. The molecular weight excluding hydrogens is 286 g/mol. The van der Waals surface area contributed by atoms with E-state index >= 15 is 0 Å². The van der Waals surface area contributed by atoms with E-state index in [2.05, 4.69) is 20.3 Å². The van der Waals surface area contributed by atoms with Crippen LogP contribution in [0.15, 0.2) is 30.9 Å². The van der Waals surface area contributed by atoms with Crippen molar-refractivity contribution < 1.29 is 9.66 Å². The highest BCUT2D eigenvalue weighted by Gasteiger charge is 2.24. The molecule has 0 radical (unpaired) electrons. The van der Waals surface area contributed by atoms with E-state index in [-0.39, 0.29) is 23.3 Å². The summed E-state index contributed by atoms with van der Waals surface area (Å²) in [5.41, 5.74) is 0.685. The van der Waals surface area contributed by atoms with Crippen LogP contribution in [0.25, 0.3) is 0 Å². The third-order valence-corrected chi connectivity index (χ3v) is 2.73. The summed E-state index contributed by atoms with van der Waals surface area (Å²) in [5, 5.41) is 14.2. The lowest BCUT2D eigenvalue weighted by Gasteiger charge is -2.10. The van der Waals surface area contributed by atoms with Gasteiger partial charge < -0.3 is 10.1 Å². The zero-order chi connectivity index (χ0) is 15.9. The number of nitro groups is 1. The van der Waals surface area contributed by atoms with E-state index in [1.54, 1.807) is 12.4 Å². The van der Waals surface area contributed by atoms with Gasteiger partial charge in [-0.05, 0) is 23.6 Å². The molecule has 1 N–H and O–H groups in total. The summed E-state index contributed by atoms with van der Waals surface area (Å²) in [7, 11) is 0. The summed E-state index contributed by atoms with van der Waals surface area (Å²) in [6.45, 7) is 4.65. The Morgan fingerprint density at radius 1 is 1.32 bits per heavy atom. The molecule has 0 aliphatic rings. The van der Waals surface area contributed by atoms with Crippen LogP contribution in [-0.2, 0) is 6.54 Å². The van der Waals surface area contributed by atoms with Crippen molar-refractivity contribution in [2.75, 3.05) is 11.9 Å². The first kappa shape index (κ1) is 15.6. The van der Waals surface area contributed by atoms with Gasteiger partial charge >= 0.3 is 5.69 Å². The van der Waals surface area contributed by atoms with Crippen molar-refractivity contribution in [3.8, 4) is 5.88 Å². The Hall–Kier alpha value is -2.77. The molecule has 2 rings (SSSR count). The summed E-state index contributed by atoms with van der Waals surface area (Å²) < 4.78 is 5.41. The Morgan fingerprint density at radius 2 is 2.05 bits per heavy atom. The maximum Gasteiger partial charge on any atom is 0.372 e. The molecule has 2 heterocycles. The third kappa shape index (κ3) is 4.11. The number of nitrogens with one attached hydrogen (secondary N) is 1. The van der Waals surface area contributed by atoms with E-state index in [1.165, 1.54) is 6.33 Å². The van der Waals surface area contributed by atoms with Crippen LogP contribution in [-0.4, -0.2) is 26.5 Å². The largest absolute Gasteiger partial charge is 0.472 e. The van der Waals surface area contributed by atoms with Crippen molar-refractivity contribution in [3.63, 3.8) is 0 Å². The molecule has 0 atom stereocenters. The van der Waals surface area contributed by atoms with Gasteiger partial charge in [0.25, 0.3) is 5.88 Å². The molecule has 0 aromatic carbocycles. The van der Waals surface area contributed by atoms with Crippen LogP contribution in [0.3, 0.4) is 0 Å². The Bertz CT molecular complexity index is 634. The van der Waals surface area contributed by atoms with Gasteiger partial charge in [0.05, 0.1) is 11.5 Å². The van der Waals surface area contributed by atoms with Crippen molar-refractivity contribution >= 4 is 11.5 Å². The maximum atomic E-state index is 11.3. The molecule has 2 aromatic heterocycles. The minimum absolute atomic E-state index is 0.0223. The number of rotatable bonds is 7. The lowest BCUT2D eigenvalue weighted by atomic mass is 10.2. The molecule has 0 aliphatic heterocycles. The first-order chi connectivity index (χ1) is 10.6. The molecular formula is C14H17N5O3. The molecule has 0 amide bonds. The van der Waals surface area contributed by atoms with Crippen molar-refractivity contribution in [1.29, 1.82) is 0 Å². The van der Waals surface area contributed by atoms with Crippen molar-refractivity contribution in [1.82, 2.24) is 15.0 Å². The quantitative estimate of drug-likeness (QED) is 0.618. The molecule has 8 nitrogen and oxygen atoms in total. The molecule has 0 fully saturated rings. The fourth-order valence-corrected chi connectivity index (χ4v) is 1.69. The van der Waals surface area contributed by atoms with Crippen molar-refractivity contribution in [2.24, 2.45) is 5.92 Å². The van der Waals surface area contributed by atoms with Gasteiger partial charge in [-0.2, -0.15) is 4.98 Å². The standard InChI is InChI=1S/C14H17N5O3/c1-10(2)8-22-14-12(19(20)21)13(17-9-18-14)16-7-11-3-5-15-6-4-11/h3-6,9-10H,7-8H2,1-2H3,(H,16,17,18). The van der Waals surface area contributed by atoms with E-state index in [0.717, 1.165) is 5.56 Å². The molecule has 0 saturated carbocycles. The molecule has 8 heteroatoms. The first-order valence-electron chi connectivity index (χ1n) is 6.83. The molecule has 22 heavy (non-hydrogen) atoms.